The Morgan fingerprint density at radius 1 is 1.56 bits per heavy atom. The number of rotatable bonds is 8. The molecule has 0 saturated heterocycles. The van der Waals surface area contributed by atoms with Crippen LogP contribution in [-0.4, -0.2) is 22.9 Å². The predicted octanol–water partition coefficient (Wildman–Crippen LogP) is 3.20. The second-order valence-electron chi connectivity index (χ2n) is 5.36. The van der Waals surface area contributed by atoms with Crippen LogP contribution in [-0.2, 0) is 6.42 Å². The predicted molar refractivity (Wildman–Crippen MR) is 77.8 cm³/mol. The first kappa shape index (κ1) is 15.0. The number of hydrogen-bond donors (Lipinski definition) is 1. The fraction of sp³-hybridized carbons (Fsp3) is 0.667. The largest absolute Gasteiger partial charge is 0.316 e. The quantitative estimate of drug-likeness (QED) is 0.717. The van der Waals surface area contributed by atoms with Gasteiger partial charge < -0.3 is 5.32 Å². The van der Waals surface area contributed by atoms with Gasteiger partial charge in [0.25, 0.3) is 0 Å². The minimum absolute atomic E-state index is 0.0741. The van der Waals surface area contributed by atoms with Crippen molar-refractivity contribution >= 4 is 0 Å². The molecule has 0 aromatic carbocycles. The number of aromatic nitrogens is 2. The molecular weight excluding hydrogens is 222 g/mol. The van der Waals surface area contributed by atoms with E-state index in [-0.39, 0.29) is 5.41 Å². The van der Waals surface area contributed by atoms with E-state index in [4.69, 9.17) is 0 Å². The van der Waals surface area contributed by atoms with Gasteiger partial charge in [0.1, 0.15) is 0 Å². The van der Waals surface area contributed by atoms with Crippen molar-refractivity contribution in [3.63, 3.8) is 0 Å². The maximum absolute atomic E-state index is 4.66. The summed E-state index contributed by atoms with van der Waals surface area (Å²) in [5.41, 5.74) is 1.22. The van der Waals surface area contributed by atoms with E-state index in [1.165, 1.54) is 0 Å². The van der Waals surface area contributed by atoms with E-state index in [1.807, 2.05) is 6.08 Å². The highest BCUT2D eigenvalue weighted by Gasteiger charge is 2.21. The minimum Gasteiger partial charge on any atom is -0.316 e. The molecule has 1 rings (SSSR count). The van der Waals surface area contributed by atoms with Crippen LogP contribution < -0.4 is 5.32 Å². The lowest BCUT2D eigenvalue weighted by atomic mass is 9.85. The Bertz CT molecular complexity index is 370. The lowest BCUT2D eigenvalue weighted by molar-refractivity contribution is 0.386. The Balaban J connectivity index is 2.70. The van der Waals surface area contributed by atoms with Crippen molar-refractivity contribution in [3.05, 3.63) is 30.6 Å². The summed E-state index contributed by atoms with van der Waals surface area (Å²) in [6, 6.07) is 2.60. The molecule has 1 N–H and O–H groups in total. The SMILES string of the molecule is C=CC(C)(CNCC)Cc1ccn(C(C)CC)n1. The molecule has 0 fully saturated rings. The molecule has 1 aromatic rings. The van der Waals surface area contributed by atoms with Crippen LogP contribution in [0.4, 0.5) is 0 Å². The number of nitrogens with zero attached hydrogens (tertiary/aromatic N) is 2. The normalized spacial score (nSPS) is 16.2. The second-order valence-corrected chi connectivity index (χ2v) is 5.36. The maximum Gasteiger partial charge on any atom is 0.0633 e. The summed E-state index contributed by atoms with van der Waals surface area (Å²) in [5.74, 6) is 0. The van der Waals surface area contributed by atoms with E-state index in [9.17, 15) is 0 Å². The minimum atomic E-state index is 0.0741. The van der Waals surface area contributed by atoms with Gasteiger partial charge in [-0.05, 0) is 26.0 Å². The van der Waals surface area contributed by atoms with Crippen molar-refractivity contribution in [3.8, 4) is 0 Å². The monoisotopic (exact) mass is 249 g/mol. The first-order chi connectivity index (χ1) is 8.54. The summed E-state index contributed by atoms with van der Waals surface area (Å²) in [5, 5.41) is 8.06. The van der Waals surface area contributed by atoms with E-state index in [1.54, 1.807) is 0 Å². The molecule has 2 atom stereocenters. The number of hydrogen-bond acceptors (Lipinski definition) is 2. The molecule has 2 unspecified atom stereocenters. The molecule has 0 bridgehead atoms. The van der Waals surface area contributed by atoms with E-state index in [0.29, 0.717) is 6.04 Å². The second kappa shape index (κ2) is 6.74. The zero-order chi connectivity index (χ0) is 13.6. The van der Waals surface area contributed by atoms with E-state index < -0.39 is 0 Å². The lowest BCUT2D eigenvalue weighted by Gasteiger charge is -2.25. The lowest BCUT2D eigenvalue weighted by Crippen LogP contribution is -2.32. The molecular formula is C15H27N3. The van der Waals surface area contributed by atoms with Crippen molar-refractivity contribution in [2.24, 2.45) is 5.41 Å². The third-order valence-corrected chi connectivity index (χ3v) is 3.56. The van der Waals surface area contributed by atoms with Crippen LogP contribution in [0.5, 0.6) is 0 Å². The van der Waals surface area contributed by atoms with Crippen molar-refractivity contribution in [1.82, 2.24) is 15.1 Å². The van der Waals surface area contributed by atoms with Gasteiger partial charge in [-0.15, -0.1) is 6.58 Å². The number of nitrogens with one attached hydrogen (secondary N) is 1. The van der Waals surface area contributed by atoms with E-state index in [0.717, 1.165) is 31.6 Å². The van der Waals surface area contributed by atoms with Gasteiger partial charge in [0.2, 0.25) is 0 Å². The summed E-state index contributed by atoms with van der Waals surface area (Å²) >= 11 is 0. The molecule has 0 amide bonds. The molecule has 18 heavy (non-hydrogen) atoms. The smallest absolute Gasteiger partial charge is 0.0633 e. The maximum atomic E-state index is 4.66. The molecule has 1 heterocycles. The van der Waals surface area contributed by atoms with Gasteiger partial charge in [-0.25, -0.2) is 0 Å². The van der Waals surface area contributed by atoms with Gasteiger partial charge in [-0.1, -0.05) is 26.8 Å². The highest BCUT2D eigenvalue weighted by Crippen LogP contribution is 2.23. The van der Waals surface area contributed by atoms with Gasteiger partial charge >= 0.3 is 0 Å². The molecule has 0 aliphatic heterocycles. The van der Waals surface area contributed by atoms with Crippen LogP contribution in [0.3, 0.4) is 0 Å². The molecule has 0 spiro atoms. The Hall–Kier alpha value is -1.09. The van der Waals surface area contributed by atoms with E-state index >= 15 is 0 Å². The fourth-order valence-corrected chi connectivity index (χ4v) is 1.94. The molecule has 0 radical (unpaired) electrons. The Kier molecular flexibility index (Phi) is 5.60. The standard InChI is InChI=1S/C15H27N3/c1-6-13(4)18-10-9-14(17-18)11-15(5,7-2)12-16-8-3/h7,9-10,13,16H,2,6,8,11-12H2,1,3-5H3. The van der Waals surface area contributed by atoms with Gasteiger partial charge in [-0.2, -0.15) is 5.10 Å². The third kappa shape index (κ3) is 3.98. The van der Waals surface area contributed by atoms with Crippen LogP contribution in [0, 0.1) is 5.41 Å². The average Bonchev–Trinajstić information content (AvgIpc) is 2.83. The average molecular weight is 249 g/mol. The first-order valence-electron chi connectivity index (χ1n) is 6.93. The van der Waals surface area contributed by atoms with Crippen LogP contribution in [0.25, 0.3) is 0 Å². The van der Waals surface area contributed by atoms with Crippen LogP contribution >= 0.6 is 0 Å². The van der Waals surface area contributed by atoms with E-state index in [2.05, 4.69) is 61.6 Å². The van der Waals surface area contributed by atoms with Gasteiger partial charge in [-0.3, -0.25) is 4.68 Å². The molecule has 0 aliphatic rings. The summed E-state index contributed by atoms with van der Waals surface area (Å²) in [6.45, 7) is 14.6. The summed E-state index contributed by atoms with van der Waals surface area (Å²) in [7, 11) is 0. The topological polar surface area (TPSA) is 29.9 Å². The third-order valence-electron chi connectivity index (χ3n) is 3.56. The Morgan fingerprint density at radius 3 is 2.83 bits per heavy atom. The van der Waals surface area contributed by atoms with Crippen molar-refractivity contribution < 1.29 is 0 Å². The Labute approximate surface area is 111 Å². The highest BCUT2D eigenvalue weighted by molar-refractivity contribution is 5.08. The molecule has 102 valence electrons. The highest BCUT2D eigenvalue weighted by atomic mass is 15.3. The molecule has 3 nitrogen and oxygen atoms in total. The summed E-state index contributed by atoms with van der Waals surface area (Å²) in [4.78, 5) is 0. The van der Waals surface area contributed by atoms with Crippen LogP contribution in [0.2, 0.25) is 0 Å². The van der Waals surface area contributed by atoms with Gasteiger partial charge in [0.05, 0.1) is 5.69 Å². The van der Waals surface area contributed by atoms with Gasteiger partial charge in [0, 0.05) is 30.6 Å². The van der Waals surface area contributed by atoms with Crippen LogP contribution in [0.15, 0.2) is 24.9 Å². The van der Waals surface area contributed by atoms with Crippen LogP contribution in [0.1, 0.15) is 45.9 Å². The molecule has 1 aromatic heterocycles. The summed E-state index contributed by atoms with van der Waals surface area (Å²) < 4.78 is 2.06. The first-order valence-corrected chi connectivity index (χ1v) is 6.93. The zero-order valence-corrected chi connectivity index (χ0v) is 12.2. The zero-order valence-electron chi connectivity index (χ0n) is 12.2. The van der Waals surface area contributed by atoms with Gasteiger partial charge in [0.15, 0.2) is 0 Å². The van der Waals surface area contributed by atoms with Crippen molar-refractivity contribution in [2.75, 3.05) is 13.1 Å². The van der Waals surface area contributed by atoms with Crippen molar-refractivity contribution in [1.29, 1.82) is 0 Å². The fourth-order valence-electron chi connectivity index (χ4n) is 1.94. The molecule has 0 saturated carbocycles. The van der Waals surface area contributed by atoms with Crippen molar-refractivity contribution in [2.45, 2.75) is 46.6 Å². The molecule has 0 aliphatic carbocycles. The summed E-state index contributed by atoms with van der Waals surface area (Å²) in [6.07, 6.45) is 6.17. The molecule has 3 heteroatoms. The Morgan fingerprint density at radius 2 is 2.28 bits per heavy atom.